The molecule has 2 aromatic carbocycles. The summed E-state index contributed by atoms with van der Waals surface area (Å²) in [5, 5.41) is 1.03. The zero-order chi connectivity index (χ0) is 19.7. The van der Waals surface area contributed by atoms with Crippen LogP contribution in [-0.4, -0.2) is 13.8 Å². The maximum Gasteiger partial charge on any atom is 0.336 e. The molecule has 1 aliphatic heterocycles. The third-order valence-electron chi connectivity index (χ3n) is 5.39. The Morgan fingerprint density at radius 3 is 2.79 bits per heavy atom. The monoisotopic (exact) mass is 380 g/mol. The molecular weight excluding hydrogens is 354 g/mol. The lowest BCUT2D eigenvalue weighted by Crippen LogP contribution is -3.10. The van der Waals surface area contributed by atoms with Gasteiger partial charge in [-0.2, -0.15) is 0 Å². The number of hydrogen-bond donors (Lipinski definition) is 1. The minimum absolute atomic E-state index is 0.293. The highest BCUT2D eigenvalue weighted by atomic mass is 16.5. The van der Waals surface area contributed by atoms with E-state index in [0.29, 0.717) is 12.3 Å². The molecule has 4 rings (SSSR count). The topological polar surface area (TPSA) is 53.1 Å². The molecule has 1 aromatic heterocycles. The smallest absolute Gasteiger partial charge is 0.336 e. The molecular formula is C23H26NO4+. The number of ether oxygens (including phenoxy) is 2. The number of para-hydroxylation sites is 1. The van der Waals surface area contributed by atoms with Gasteiger partial charge in [0.25, 0.3) is 0 Å². The van der Waals surface area contributed by atoms with E-state index in [1.54, 1.807) is 13.2 Å². The average molecular weight is 380 g/mol. The molecule has 0 bridgehead atoms. The van der Waals surface area contributed by atoms with Gasteiger partial charge in [-0.1, -0.05) is 25.5 Å². The quantitative estimate of drug-likeness (QED) is 0.692. The number of fused-ring (bicyclic) bond motifs is 2. The first-order chi connectivity index (χ1) is 13.6. The first-order valence-electron chi connectivity index (χ1n) is 9.78. The maximum atomic E-state index is 12.0. The van der Waals surface area contributed by atoms with E-state index in [4.69, 9.17) is 13.9 Å². The van der Waals surface area contributed by atoms with Gasteiger partial charge < -0.3 is 13.9 Å². The Kier molecular flexibility index (Phi) is 5.09. The molecule has 5 heteroatoms. The number of quaternary nitrogens is 1. The molecule has 146 valence electrons. The van der Waals surface area contributed by atoms with Crippen LogP contribution in [0.25, 0.3) is 11.0 Å². The number of aryl methyl sites for hydroxylation is 2. The van der Waals surface area contributed by atoms with E-state index in [9.17, 15) is 4.79 Å². The van der Waals surface area contributed by atoms with E-state index in [-0.39, 0.29) is 5.63 Å². The van der Waals surface area contributed by atoms with E-state index in [2.05, 4.69) is 19.1 Å². The predicted molar refractivity (Wildman–Crippen MR) is 108 cm³/mol. The highest BCUT2D eigenvalue weighted by Gasteiger charge is 2.26. The van der Waals surface area contributed by atoms with Crippen molar-refractivity contribution in [2.75, 3.05) is 13.8 Å². The second kappa shape index (κ2) is 7.68. The Morgan fingerprint density at radius 2 is 2.00 bits per heavy atom. The zero-order valence-electron chi connectivity index (χ0n) is 16.6. The molecule has 0 fully saturated rings. The molecule has 28 heavy (non-hydrogen) atoms. The Morgan fingerprint density at radius 1 is 1.18 bits per heavy atom. The van der Waals surface area contributed by atoms with E-state index in [1.807, 2.05) is 25.1 Å². The molecule has 5 nitrogen and oxygen atoms in total. The van der Waals surface area contributed by atoms with Gasteiger partial charge in [0.2, 0.25) is 6.73 Å². The van der Waals surface area contributed by atoms with E-state index in [1.165, 1.54) is 10.5 Å². The SMILES string of the molecule is CCCc1cc(=O)oc2c(C)c3c(cc12)C[NH+](Cc1ccccc1OC)CO3. The molecule has 3 aromatic rings. The van der Waals surface area contributed by atoms with Crippen LogP contribution in [0.1, 0.15) is 35.6 Å². The summed E-state index contributed by atoms with van der Waals surface area (Å²) in [5.74, 6) is 1.76. The van der Waals surface area contributed by atoms with Gasteiger partial charge in [-0.3, -0.25) is 4.90 Å². The van der Waals surface area contributed by atoms with E-state index >= 15 is 0 Å². The van der Waals surface area contributed by atoms with Gasteiger partial charge >= 0.3 is 5.63 Å². The van der Waals surface area contributed by atoms with Crippen LogP contribution in [-0.2, 0) is 19.5 Å². The van der Waals surface area contributed by atoms with Crippen LogP contribution in [0.15, 0.2) is 45.6 Å². The van der Waals surface area contributed by atoms with Gasteiger partial charge in [0.1, 0.15) is 30.2 Å². The van der Waals surface area contributed by atoms with Crippen LogP contribution in [0.5, 0.6) is 11.5 Å². The molecule has 0 saturated heterocycles. The van der Waals surface area contributed by atoms with Gasteiger partial charge in [0.05, 0.1) is 7.11 Å². The number of hydrogen-bond acceptors (Lipinski definition) is 4. The summed E-state index contributed by atoms with van der Waals surface area (Å²) in [6.45, 7) is 6.34. The number of nitrogens with one attached hydrogen (secondary N) is 1. The molecule has 0 spiro atoms. The number of methoxy groups -OCH3 is 1. The molecule has 1 aliphatic rings. The third kappa shape index (κ3) is 3.38. The van der Waals surface area contributed by atoms with Crippen molar-refractivity contribution in [1.82, 2.24) is 0 Å². The summed E-state index contributed by atoms with van der Waals surface area (Å²) in [4.78, 5) is 13.3. The van der Waals surface area contributed by atoms with Gasteiger partial charge in [-0.15, -0.1) is 0 Å². The van der Waals surface area contributed by atoms with Crippen molar-refractivity contribution in [3.05, 3.63) is 69.1 Å². The lowest BCUT2D eigenvalue weighted by Gasteiger charge is -2.28. The second-order valence-electron chi connectivity index (χ2n) is 7.41. The standard InChI is InChI=1S/C23H25NO4/c1-4-7-16-11-21(25)28-23-15(2)22-18(10-19(16)23)13-24(14-27-22)12-17-8-5-6-9-20(17)26-3/h5-6,8-11H,4,7,12-14H2,1-3H3/p+1. The Balaban J connectivity index is 1.71. The zero-order valence-corrected chi connectivity index (χ0v) is 16.6. The highest BCUT2D eigenvalue weighted by Crippen LogP contribution is 2.33. The van der Waals surface area contributed by atoms with Crippen molar-refractivity contribution in [3.8, 4) is 11.5 Å². The van der Waals surface area contributed by atoms with Crippen LogP contribution in [0, 0.1) is 6.92 Å². The highest BCUT2D eigenvalue weighted by molar-refractivity contribution is 5.86. The van der Waals surface area contributed by atoms with E-state index in [0.717, 1.165) is 59.5 Å². The largest absolute Gasteiger partial charge is 0.496 e. The first kappa shape index (κ1) is 18.6. The molecule has 0 saturated carbocycles. The maximum absolute atomic E-state index is 12.0. The third-order valence-corrected chi connectivity index (χ3v) is 5.39. The van der Waals surface area contributed by atoms with Gasteiger partial charge in [-0.25, -0.2) is 4.79 Å². The van der Waals surface area contributed by atoms with Crippen molar-refractivity contribution in [2.45, 2.75) is 39.8 Å². The fraction of sp³-hybridized carbons (Fsp3) is 0.348. The molecule has 2 heterocycles. The lowest BCUT2D eigenvalue weighted by molar-refractivity contribution is -0.945. The molecule has 1 unspecified atom stereocenters. The fourth-order valence-electron chi connectivity index (χ4n) is 4.11. The predicted octanol–water partition coefficient (Wildman–Crippen LogP) is 3.00. The van der Waals surface area contributed by atoms with Crippen molar-refractivity contribution < 1.29 is 18.8 Å². The van der Waals surface area contributed by atoms with Gasteiger partial charge in [0.15, 0.2) is 0 Å². The van der Waals surface area contributed by atoms with E-state index < -0.39 is 0 Å². The van der Waals surface area contributed by atoms with Crippen molar-refractivity contribution in [2.24, 2.45) is 0 Å². The lowest BCUT2D eigenvalue weighted by atomic mass is 9.98. The van der Waals surface area contributed by atoms with Crippen molar-refractivity contribution >= 4 is 11.0 Å². The molecule has 1 atom stereocenters. The van der Waals surface area contributed by atoms with Crippen LogP contribution in [0.4, 0.5) is 0 Å². The first-order valence-corrected chi connectivity index (χ1v) is 9.78. The summed E-state index contributed by atoms with van der Waals surface area (Å²) < 4.78 is 17.2. The van der Waals surface area contributed by atoms with Crippen LogP contribution in [0.2, 0.25) is 0 Å². The normalized spacial score (nSPS) is 15.9. The number of benzene rings is 2. The average Bonchev–Trinajstić information content (AvgIpc) is 2.69. The summed E-state index contributed by atoms with van der Waals surface area (Å²) in [7, 11) is 1.70. The summed E-state index contributed by atoms with van der Waals surface area (Å²) >= 11 is 0. The summed E-state index contributed by atoms with van der Waals surface area (Å²) in [6.07, 6.45) is 1.84. The number of rotatable bonds is 5. The molecule has 0 aliphatic carbocycles. The van der Waals surface area contributed by atoms with Crippen LogP contribution >= 0.6 is 0 Å². The van der Waals surface area contributed by atoms with Crippen LogP contribution in [0.3, 0.4) is 0 Å². The van der Waals surface area contributed by atoms with Gasteiger partial charge in [-0.05, 0) is 37.1 Å². The summed E-state index contributed by atoms with van der Waals surface area (Å²) in [5.41, 5.74) is 4.66. The summed E-state index contributed by atoms with van der Waals surface area (Å²) in [6, 6.07) is 11.9. The molecule has 0 amide bonds. The minimum Gasteiger partial charge on any atom is -0.496 e. The molecule has 1 N–H and O–H groups in total. The van der Waals surface area contributed by atoms with Crippen molar-refractivity contribution in [3.63, 3.8) is 0 Å². The van der Waals surface area contributed by atoms with Crippen LogP contribution < -0.4 is 20.0 Å². The van der Waals surface area contributed by atoms with Crippen molar-refractivity contribution in [1.29, 1.82) is 0 Å². The Bertz CT molecular complexity index is 1070. The Labute approximate surface area is 164 Å². The minimum atomic E-state index is -0.293. The molecule has 0 radical (unpaired) electrons. The fourth-order valence-corrected chi connectivity index (χ4v) is 4.11. The second-order valence-corrected chi connectivity index (χ2v) is 7.41. The Hall–Kier alpha value is -2.79. The van der Waals surface area contributed by atoms with Gasteiger partial charge in [0, 0.05) is 28.1 Å².